The lowest BCUT2D eigenvalue weighted by Crippen LogP contribution is -2.17. The van der Waals surface area contributed by atoms with E-state index >= 15 is 0 Å². The zero-order valence-electron chi connectivity index (χ0n) is 13.9. The van der Waals surface area contributed by atoms with Crippen molar-refractivity contribution in [2.75, 3.05) is 11.1 Å². The minimum Gasteiger partial charge on any atom is -0.296 e. The van der Waals surface area contributed by atoms with Crippen LogP contribution in [0.4, 0.5) is 5.13 Å². The van der Waals surface area contributed by atoms with Crippen molar-refractivity contribution in [2.24, 2.45) is 5.92 Å². The summed E-state index contributed by atoms with van der Waals surface area (Å²) in [6.07, 6.45) is 1.28. The van der Waals surface area contributed by atoms with E-state index in [9.17, 15) is 13.2 Å². The molecule has 1 N–H and O–H groups in total. The number of anilines is 1. The SMILES string of the molecule is CCCS(=O)(=O)c1ccccc1C(=O)Nc1nnc(CC(C)C)s1. The smallest absolute Gasteiger partial charge is 0.258 e. The molecule has 6 nitrogen and oxygen atoms in total. The van der Waals surface area contributed by atoms with Crippen molar-refractivity contribution in [2.45, 2.75) is 38.5 Å². The molecule has 0 aliphatic rings. The second-order valence-corrected chi connectivity index (χ2v) is 9.01. The third-order valence-corrected chi connectivity index (χ3v) is 6.04. The molecule has 0 unspecified atom stereocenters. The Morgan fingerprint density at radius 3 is 2.62 bits per heavy atom. The van der Waals surface area contributed by atoms with Crippen molar-refractivity contribution in [3.63, 3.8) is 0 Å². The van der Waals surface area contributed by atoms with Crippen LogP contribution in [-0.4, -0.2) is 30.3 Å². The Morgan fingerprint density at radius 2 is 1.96 bits per heavy atom. The van der Waals surface area contributed by atoms with Crippen molar-refractivity contribution >= 4 is 32.2 Å². The summed E-state index contributed by atoms with van der Waals surface area (Å²) in [7, 11) is -3.48. The first kappa shape index (κ1) is 18.5. The molecule has 0 aliphatic heterocycles. The molecule has 0 bridgehead atoms. The Labute approximate surface area is 146 Å². The number of amides is 1. The first-order valence-electron chi connectivity index (χ1n) is 7.79. The molecule has 1 aromatic heterocycles. The van der Waals surface area contributed by atoms with E-state index in [4.69, 9.17) is 0 Å². The van der Waals surface area contributed by atoms with Gasteiger partial charge in [-0.1, -0.05) is 44.2 Å². The predicted octanol–water partition coefficient (Wildman–Crippen LogP) is 3.17. The van der Waals surface area contributed by atoms with Gasteiger partial charge in [0.25, 0.3) is 5.91 Å². The summed E-state index contributed by atoms with van der Waals surface area (Å²) in [5.74, 6) is -0.0341. The normalized spacial score (nSPS) is 11.7. The molecule has 0 radical (unpaired) electrons. The maximum absolute atomic E-state index is 12.5. The number of sulfone groups is 1. The lowest BCUT2D eigenvalue weighted by molar-refractivity contribution is 0.102. The molecule has 0 aliphatic carbocycles. The Morgan fingerprint density at radius 1 is 1.25 bits per heavy atom. The molecule has 0 spiro atoms. The van der Waals surface area contributed by atoms with Gasteiger partial charge < -0.3 is 0 Å². The molecule has 24 heavy (non-hydrogen) atoms. The first-order chi connectivity index (χ1) is 11.3. The van der Waals surface area contributed by atoms with Crippen LogP contribution in [0.1, 0.15) is 42.6 Å². The van der Waals surface area contributed by atoms with Crippen molar-refractivity contribution in [1.29, 1.82) is 0 Å². The molecular formula is C16H21N3O3S2. The molecule has 0 saturated carbocycles. The van der Waals surface area contributed by atoms with Crippen LogP contribution < -0.4 is 5.32 Å². The van der Waals surface area contributed by atoms with E-state index in [-0.39, 0.29) is 16.2 Å². The van der Waals surface area contributed by atoms with Crippen LogP contribution in [0, 0.1) is 5.92 Å². The lowest BCUT2D eigenvalue weighted by Gasteiger charge is -2.09. The quantitative estimate of drug-likeness (QED) is 0.812. The van der Waals surface area contributed by atoms with Crippen molar-refractivity contribution < 1.29 is 13.2 Å². The average Bonchev–Trinajstić information content (AvgIpc) is 2.93. The van der Waals surface area contributed by atoms with Gasteiger partial charge in [-0.05, 0) is 24.5 Å². The largest absolute Gasteiger partial charge is 0.296 e. The highest BCUT2D eigenvalue weighted by Gasteiger charge is 2.22. The predicted molar refractivity (Wildman–Crippen MR) is 95.2 cm³/mol. The fraction of sp³-hybridized carbons (Fsp3) is 0.438. The van der Waals surface area contributed by atoms with E-state index in [1.807, 2.05) is 0 Å². The van der Waals surface area contributed by atoms with Gasteiger partial charge in [0, 0.05) is 6.42 Å². The zero-order valence-corrected chi connectivity index (χ0v) is 15.6. The van der Waals surface area contributed by atoms with Crippen LogP contribution in [0.5, 0.6) is 0 Å². The number of hydrogen-bond acceptors (Lipinski definition) is 6. The lowest BCUT2D eigenvalue weighted by atomic mass is 10.1. The molecule has 2 aromatic rings. The Kier molecular flexibility index (Phi) is 6.06. The highest BCUT2D eigenvalue weighted by molar-refractivity contribution is 7.91. The van der Waals surface area contributed by atoms with E-state index < -0.39 is 15.7 Å². The standard InChI is InChI=1S/C16H21N3O3S2/c1-4-9-24(21,22)13-8-6-5-7-12(13)15(20)17-16-19-18-14(23-16)10-11(2)3/h5-8,11H,4,9-10H2,1-3H3,(H,17,19,20). The summed E-state index contributed by atoms with van der Waals surface area (Å²) >= 11 is 1.30. The summed E-state index contributed by atoms with van der Waals surface area (Å²) in [6.45, 7) is 5.95. The number of nitrogens with one attached hydrogen (secondary N) is 1. The van der Waals surface area contributed by atoms with Gasteiger partial charge >= 0.3 is 0 Å². The van der Waals surface area contributed by atoms with Crippen LogP contribution in [0.2, 0.25) is 0 Å². The second-order valence-electron chi connectivity index (χ2n) is 5.87. The van der Waals surface area contributed by atoms with Crippen LogP contribution >= 0.6 is 11.3 Å². The minimum atomic E-state index is -3.48. The maximum atomic E-state index is 12.5. The van der Waals surface area contributed by atoms with E-state index in [0.29, 0.717) is 17.5 Å². The molecular weight excluding hydrogens is 346 g/mol. The molecule has 130 valence electrons. The van der Waals surface area contributed by atoms with Gasteiger partial charge in [-0.2, -0.15) is 0 Å². The van der Waals surface area contributed by atoms with Gasteiger partial charge in [0.2, 0.25) is 5.13 Å². The fourth-order valence-electron chi connectivity index (χ4n) is 2.20. The summed E-state index contributed by atoms with van der Waals surface area (Å²) in [4.78, 5) is 12.5. The van der Waals surface area contributed by atoms with Crippen LogP contribution in [0.15, 0.2) is 29.2 Å². The van der Waals surface area contributed by atoms with Crippen molar-refractivity contribution in [3.05, 3.63) is 34.8 Å². The third kappa shape index (κ3) is 4.61. The molecule has 1 aromatic carbocycles. The van der Waals surface area contributed by atoms with E-state index in [1.54, 1.807) is 19.1 Å². The molecule has 0 fully saturated rings. The summed E-state index contributed by atoms with van der Waals surface area (Å²) in [6, 6.07) is 6.23. The van der Waals surface area contributed by atoms with Crippen molar-refractivity contribution in [3.8, 4) is 0 Å². The topological polar surface area (TPSA) is 89.0 Å². The third-order valence-electron chi connectivity index (χ3n) is 3.21. The minimum absolute atomic E-state index is 0.00857. The summed E-state index contributed by atoms with van der Waals surface area (Å²) in [5.41, 5.74) is 0.131. The highest BCUT2D eigenvalue weighted by Crippen LogP contribution is 2.22. The average molecular weight is 367 g/mol. The fourth-order valence-corrected chi connectivity index (χ4v) is 4.69. The van der Waals surface area contributed by atoms with Crippen LogP contribution in [0.3, 0.4) is 0 Å². The van der Waals surface area contributed by atoms with Gasteiger partial charge in [-0.25, -0.2) is 8.42 Å². The molecule has 0 atom stereocenters. The Hall–Kier alpha value is -1.80. The molecule has 1 heterocycles. The van der Waals surface area contributed by atoms with E-state index in [1.165, 1.54) is 23.5 Å². The Bertz CT molecular complexity index is 813. The molecule has 1 amide bonds. The second kappa shape index (κ2) is 7.85. The van der Waals surface area contributed by atoms with Crippen LogP contribution in [-0.2, 0) is 16.3 Å². The first-order valence-corrected chi connectivity index (χ1v) is 10.3. The molecule has 0 saturated heterocycles. The van der Waals surface area contributed by atoms with Crippen molar-refractivity contribution in [1.82, 2.24) is 10.2 Å². The monoisotopic (exact) mass is 367 g/mol. The zero-order chi connectivity index (χ0) is 17.7. The summed E-state index contributed by atoms with van der Waals surface area (Å²) < 4.78 is 24.7. The van der Waals surface area contributed by atoms with Gasteiger partial charge in [0.15, 0.2) is 9.84 Å². The highest BCUT2D eigenvalue weighted by atomic mass is 32.2. The number of benzene rings is 1. The van der Waals surface area contributed by atoms with Gasteiger partial charge in [-0.3, -0.25) is 10.1 Å². The summed E-state index contributed by atoms with van der Waals surface area (Å²) in [5, 5.41) is 11.9. The molecule has 2 rings (SSSR count). The number of aromatic nitrogens is 2. The van der Waals surface area contributed by atoms with Crippen LogP contribution in [0.25, 0.3) is 0 Å². The number of nitrogens with zero attached hydrogens (tertiary/aromatic N) is 2. The van der Waals surface area contributed by atoms with E-state index in [0.717, 1.165) is 11.4 Å². The van der Waals surface area contributed by atoms with Gasteiger partial charge in [0.05, 0.1) is 16.2 Å². The van der Waals surface area contributed by atoms with E-state index in [2.05, 4.69) is 29.4 Å². The van der Waals surface area contributed by atoms with Gasteiger partial charge in [0.1, 0.15) is 5.01 Å². The van der Waals surface area contributed by atoms with Gasteiger partial charge in [-0.15, -0.1) is 10.2 Å². The maximum Gasteiger partial charge on any atom is 0.258 e. The molecule has 8 heteroatoms. The Balaban J connectivity index is 2.23. The number of rotatable bonds is 7. The number of carbonyl (C=O) groups excluding carboxylic acids is 1. The number of hydrogen-bond donors (Lipinski definition) is 1. The number of carbonyl (C=O) groups is 1.